The van der Waals surface area contributed by atoms with Crippen LogP contribution in [0.3, 0.4) is 0 Å². The second-order valence-electron chi connectivity index (χ2n) is 9.36. The van der Waals surface area contributed by atoms with Gasteiger partial charge in [-0.15, -0.1) is 0 Å². The molecule has 1 fully saturated rings. The Morgan fingerprint density at radius 1 is 0.971 bits per heavy atom. The highest BCUT2D eigenvalue weighted by Gasteiger charge is 2.18. The van der Waals surface area contributed by atoms with E-state index >= 15 is 0 Å². The number of piperidine rings is 1. The summed E-state index contributed by atoms with van der Waals surface area (Å²) in [6, 6.07) is 23.9. The topological polar surface area (TPSA) is 58.7 Å². The number of benzene rings is 2. The lowest BCUT2D eigenvalue weighted by Crippen LogP contribution is -2.34. The molecule has 0 spiro atoms. The molecule has 1 aliphatic heterocycles. The van der Waals surface area contributed by atoms with Crippen LogP contribution >= 0.6 is 0 Å². The summed E-state index contributed by atoms with van der Waals surface area (Å²) < 4.78 is 1.85. The maximum absolute atomic E-state index is 5.16. The number of nitrogens with zero attached hydrogens (tertiary/aromatic N) is 6. The smallest absolute Gasteiger partial charge is 0.165 e. The Hall–Kier alpha value is -3.90. The molecule has 0 saturated carbocycles. The quantitative estimate of drug-likeness (QED) is 0.321. The number of aliphatic imine (C=N–C) groups is 1. The SMILES string of the molecule is C=NC1CCN(Cc2ccc(-c3nc4c(cnc5cc(C)nn54)cc3-c3ccccc3)cc2)CC1. The molecule has 1 saturated heterocycles. The van der Waals surface area contributed by atoms with E-state index in [1.807, 2.05) is 29.8 Å². The third kappa shape index (κ3) is 4.21. The molecule has 4 heterocycles. The van der Waals surface area contributed by atoms with Crippen LogP contribution in [-0.4, -0.2) is 50.3 Å². The molecule has 3 aromatic heterocycles. The van der Waals surface area contributed by atoms with Crippen molar-refractivity contribution < 1.29 is 0 Å². The van der Waals surface area contributed by atoms with Gasteiger partial charge in [0.2, 0.25) is 0 Å². The molecule has 0 aliphatic carbocycles. The first-order valence-corrected chi connectivity index (χ1v) is 12.2. The van der Waals surface area contributed by atoms with Gasteiger partial charge < -0.3 is 0 Å². The highest BCUT2D eigenvalue weighted by Crippen LogP contribution is 2.33. The first kappa shape index (κ1) is 21.6. The molecule has 6 rings (SSSR count). The van der Waals surface area contributed by atoms with Crippen LogP contribution < -0.4 is 0 Å². The fourth-order valence-corrected chi connectivity index (χ4v) is 5.00. The first-order valence-electron chi connectivity index (χ1n) is 12.2. The van der Waals surface area contributed by atoms with Crippen LogP contribution in [0.25, 0.3) is 39.1 Å². The van der Waals surface area contributed by atoms with E-state index in [-0.39, 0.29) is 0 Å². The van der Waals surface area contributed by atoms with E-state index in [9.17, 15) is 0 Å². The van der Waals surface area contributed by atoms with Crippen molar-refractivity contribution in [3.05, 3.63) is 84.2 Å². The minimum absolute atomic E-state index is 0.421. The van der Waals surface area contributed by atoms with Gasteiger partial charge in [-0.2, -0.15) is 9.61 Å². The number of aromatic nitrogens is 4. The van der Waals surface area contributed by atoms with Gasteiger partial charge in [-0.05, 0) is 43.7 Å². The summed E-state index contributed by atoms with van der Waals surface area (Å²) in [6.07, 6.45) is 4.09. The van der Waals surface area contributed by atoms with Crippen molar-refractivity contribution in [2.24, 2.45) is 4.99 Å². The van der Waals surface area contributed by atoms with E-state index in [2.05, 4.69) is 81.3 Å². The Bertz CT molecular complexity index is 1500. The summed E-state index contributed by atoms with van der Waals surface area (Å²) in [5.41, 5.74) is 8.15. The monoisotopic (exact) mass is 460 g/mol. The highest BCUT2D eigenvalue weighted by molar-refractivity contribution is 5.90. The predicted molar refractivity (Wildman–Crippen MR) is 142 cm³/mol. The van der Waals surface area contributed by atoms with Crippen molar-refractivity contribution in [1.82, 2.24) is 24.5 Å². The average Bonchev–Trinajstić information content (AvgIpc) is 3.30. The molecular formula is C29H28N6. The second-order valence-corrected chi connectivity index (χ2v) is 9.36. The zero-order valence-electron chi connectivity index (χ0n) is 19.9. The number of rotatable bonds is 5. The molecule has 174 valence electrons. The molecular weight excluding hydrogens is 432 g/mol. The van der Waals surface area contributed by atoms with Gasteiger partial charge in [0.25, 0.3) is 0 Å². The lowest BCUT2D eigenvalue weighted by molar-refractivity contribution is 0.206. The molecule has 35 heavy (non-hydrogen) atoms. The standard InChI is InChI=1S/C29H28N6/c1-20-16-27-31-18-24-17-26(22-6-4-3-5-7-22)28(32-29(24)35(27)33-20)23-10-8-21(9-11-23)19-34-14-12-25(30-2)13-15-34/h3-11,16-18,25H,2,12-15,19H2,1H3. The first-order chi connectivity index (χ1) is 17.2. The number of aryl methyl sites for hydroxylation is 1. The van der Waals surface area contributed by atoms with Gasteiger partial charge in [0.15, 0.2) is 11.3 Å². The molecule has 0 N–H and O–H groups in total. The largest absolute Gasteiger partial charge is 0.299 e. The van der Waals surface area contributed by atoms with Gasteiger partial charge in [-0.1, -0.05) is 54.6 Å². The van der Waals surface area contributed by atoms with Gasteiger partial charge in [-0.3, -0.25) is 9.89 Å². The van der Waals surface area contributed by atoms with Crippen molar-refractivity contribution in [2.75, 3.05) is 13.1 Å². The molecule has 0 amide bonds. The summed E-state index contributed by atoms with van der Waals surface area (Å²) >= 11 is 0. The van der Waals surface area contributed by atoms with E-state index < -0.39 is 0 Å². The molecule has 0 bridgehead atoms. The lowest BCUT2D eigenvalue weighted by atomic mass is 9.97. The van der Waals surface area contributed by atoms with Crippen molar-refractivity contribution in [3.8, 4) is 22.4 Å². The maximum Gasteiger partial charge on any atom is 0.165 e. The zero-order valence-corrected chi connectivity index (χ0v) is 19.9. The molecule has 2 aromatic carbocycles. The van der Waals surface area contributed by atoms with E-state index in [4.69, 9.17) is 4.98 Å². The normalized spacial score (nSPS) is 15.1. The fraction of sp³-hybridized carbons (Fsp3) is 0.241. The number of likely N-dealkylation sites (tertiary alicyclic amines) is 1. The van der Waals surface area contributed by atoms with Crippen LogP contribution in [-0.2, 0) is 6.54 Å². The number of pyridine rings is 1. The van der Waals surface area contributed by atoms with Gasteiger partial charge in [-0.25, -0.2) is 9.97 Å². The third-order valence-corrected chi connectivity index (χ3v) is 6.91. The third-order valence-electron chi connectivity index (χ3n) is 6.91. The Labute approximate surface area is 205 Å². The van der Waals surface area contributed by atoms with Crippen LogP contribution in [0.1, 0.15) is 24.1 Å². The summed E-state index contributed by atoms with van der Waals surface area (Å²) in [5.74, 6) is 0. The molecule has 0 radical (unpaired) electrons. The highest BCUT2D eigenvalue weighted by atomic mass is 15.3. The minimum atomic E-state index is 0.421. The molecule has 6 heteroatoms. The number of hydrogen-bond donors (Lipinski definition) is 0. The van der Waals surface area contributed by atoms with E-state index in [1.54, 1.807) is 0 Å². The van der Waals surface area contributed by atoms with Crippen molar-refractivity contribution >= 4 is 23.4 Å². The Morgan fingerprint density at radius 3 is 2.49 bits per heavy atom. The molecule has 1 aliphatic rings. The fourth-order valence-electron chi connectivity index (χ4n) is 5.00. The van der Waals surface area contributed by atoms with E-state index in [1.165, 1.54) is 5.56 Å². The van der Waals surface area contributed by atoms with Gasteiger partial charge in [0.05, 0.1) is 17.4 Å². The maximum atomic E-state index is 5.16. The summed E-state index contributed by atoms with van der Waals surface area (Å²) in [5, 5.41) is 5.61. The van der Waals surface area contributed by atoms with Crippen molar-refractivity contribution in [3.63, 3.8) is 0 Å². The van der Waals surface area contributed by atoms with Crippen LogP contribution in [0.2, 0.25) is 0 Å². The molecule has 5 aromatic rings. The number of fused-ring (bicyclic) bond motifs is 3. The van der Waals surface area contributed by atoms with Gasteiger partial charge >= 0.3 is 0 Å². The lowest BCUT2D eigenvalue weighted by Gasteiger charge is -2.30. The summed E-state index contributed by atoms with van der Waals surface area (Å²) in [6.45, 7) is 8.80. The molecule has 0 atom stereocenters. The predicted octanol–water partition coefficient (Wildman–Crippen LogP) is 5.58. The van der Waals surface area contributed by atoms with Gasteiger partial charge in [0.1, 0.15) is 0 Å². The van der Waals surface area contributed by atoms with E-state index in [0.29, 0.717) is 6.04 Å². The van der Waals surface area contributed by atoms with Crippen LogP contribution in [0, 0.1) is 6.92 Å². The van der Waals surface area contributed by atoms with Crippen LogP contribution in [0.5, 0.6) is 0 Å². The molecule has 0 unspecified atom stereocenters. The zero-order chi connectivity index (χ0) is 23.8. The average molecular weight is 461 g/mol. The minimum Gasteiger partial charge on any atom is -0.299 e. The molecule has 6 nitrogen and oxygen atoms in total. The number of hydrogen-bond acceptors (Lipinski definition) is 5. The summed E-state index contributed by atoms with van der Waals surface area (Å²) in [7, 11) is 0. The van der Waals surface area contributed by atoms with Crippen molar-refractivity contribution in [1.29, 1.82) is 0 Å². The van der Waals surface area contributed by atoms with Crippen LogP contribution in [0.4, 0.5) is 0 Å². The Morgan fingerprint density at radius 2 is 1.74 bits per heavy atom. The Kier molecular flexibility index (Phi) is 5.58. The Balaban J connectivity index is 1.40. The van der Waals surface area contributed by atoms with E-state index in [0.717, 1.165) is 77.2 Å². The van der Waals surface area contributed by atoms with Crippen LogP contribution in [0.15, 0.2) is 77.9 Å². The van der Waals surface area contributed by atoms with Gasteiger partial charge in [0, 0.05) is 48.4 Å². The summed E-state index contributed by atoms with van der Waals surface area (Å²) in [4.78, 5) is 16.5. The van der Waals surface area contributed by atoms with Crippen molar-refractivity contribution in [2.45, 2.75) is 32.4 Å². The second kappa shape index (κ2) is 9.04.